The van der Waals surface area contributed by atoms with Crippen LogP contribution in [0.5, 0.6) is 0 Å². The van der Waals surface area contributed by atoms with Crippen LogP contribution in [0.3, 0.4) is 0 Å². The molecular weight excluding hydrogens is 360 g/mol. The summed E-state index contributed by atoms with van der Waals surface area (Å²) in [5.74, 6) is 0.946. The van der Waals surface area contributed by atoms with Crippen LogP contribution in [0.2, 0.25) is 0 Å². The van der Waals surface area contributed by atoms with Crippen molar-refractivity contribution in [1.29, 1.82) is 5.41 Å². The molecule has 0 bridgehead atoms. The van der Waals surface area contributed by atoms with Crippen molar-refractivity contribution in [2.45, 2.75) is 32.1 Å². The van der Waals surface area contributed by atoms with Crippen LogP contribution in [0.1, 0.15) is 42.4 Å². The van der Waals surface area contributed by atoms with E-state index in [9.17, 15) is 4.79 Å². The molecular formula is C24H26N4O. The lowest BCUT2D eigenvalue weighted by molar-refractivity contribution is -0.133. The topological polar surface area (TPSA) is 69.9 Å². The molecule has 148 valence electrons. The third-order valence-electron chi connectivity index (χ3n) is 5.79. The molecule has 1 saturated heterocycles. The van der Waals surface area contributed by atoms with Crippen LogP contribution < -0.4 is 0 Å². The number of hydrogen-bond acceptors (Lipinski definition) is 4. The van der Waals surface area contributed by atoms with Gasteiger partial charge in [0, 0.05) is 61.2 Å². The zero-order chi connectivity index (χ0) is 20.2. The van der Waals surface area contributed by atoms with Gasteiger partial charge in [0.15, 0.2) is 0 Å². The first-order chi connectivity index (χ1) is 14.2. The molecule has 3 aromatic rings. The van der Waals surface area contributed by atoms with Gasteiger partial charge in [0.1, 0.15) is 0 Å². The average molecular weight is 386 g/mol. The van der Waals surface area contributed by atoms with Gasteiger partial charge in [0.25, 0.3) is 0 Å². The number of benzene rings is 1. The van der Waals surface area contributed by atoms with Crippen LogP contribution in [0.25, 0.3) is 10.9 Å². The molecule has 4 rings (SSSR count). The average Bonchev–Trinajstić information content (AvgIpc) is 2.77. The van der Waals surface area contributed by atoms with Crippen molar-refractivity contribution < 1.29 is 4.79 Å². The second kappa shape index (κ2) is 8.52. The highest BCUT2D eigenvalue weighted by Gasteiger charge is 2.29. The van der Waals surface area contributed by atoms with Crippen molar-refractivity contribution in [3.63, 3.8) is 0 Å². The number of nitrogens with zero attached hydrogens (tertiary/aromatic N) is 3. The van der Waals surface area contributed by atoms with Gasteiger partial charge in [-0.05, 0) is 42.0 Å². The molecule has 0 unspecified atom stereocenters. The molecule has 1 fully saturated rings. The SMILES string of the molecule is C[C@@H]1C[C@H](c2ccc(C=N)c3ncccc23)CN(C(=O)CCc2cccnc2)C1. The van der Waals surface area contributed by atoms with E-state index >= 15 is 0 Å². The fraction of sp³-hybridized carbons (Fsp3) is 0.333. The predicted octanol–water partition coefficient (Wildman–Crippen LogP) is 4.21. The van der Waals surface area contributed by atoms with Crippen LogP contribution in [0.15, 0.2) is 55.0 Å². The van der Waals surface area contributed by atoms with Gasteiger partial charge < -0.3 is 10.3 Å². The van der Waals surface area contributed by atoms with Crippen molar-refractivity contribution in [3.05, 3.63) is 71.7 Å². The number of nitrogens with one attached hydrogen (secondary N) is 1. The van der Waals surface area contributed by atoms with E-state index < -0.39 is 0 Å². The Labute approximate surface area is 171 Å². The van der Waals surface area contributed by atoms with Gasteiger partial charge in [0.05, 0.1) is 5.52 Å². The van der Waals surface area contributed by atoms with Gasteiger partial charge in [-0.2, -0.15) is 0 Å². The molecule has 1 aliphatic heterocycles. The van der Waals surface area contributed by atoms with Crippen LogP contribution in [-0.2, 0) is 11.2 Å². The molecule has 5 nitrogen and oxygen atoms in total. The Balaban J connectivity index is 1.54. The minimum Gasteiger partial charge on any atom is -0.342 e. The Morgan fingerprint density at radius 1 is 1.21 bits per heavy atom. The molecule has 1 amide bonds. The Hall–Kier alpha value is -3.08. The molecule has 0 spiro atoms. The summed E-state index contributed by atoms with van der Waals surface area (Å²) in [5.41, 5.74) is 4.03. The number of aromatic nitrogens is 2. The van der Waals surface area contributed by atoms with Crippen LogP contribution in [-0.4, -0.2) is 40.1 Å². The number of aryl methyl sites for hydroxylation is 1. The number of carbonyl (C=O) groups is 1. The van der Waals surface area contributed by atoms with E-state index in [0.717, 1.165) is 48.0 Å². The van der Waals surface area contributed by atoms with Crippen molar-refractivity contribution in [3.8, 4) is 0 Å². The number of pyridine rings is 2. The molecule has 1 N–H and O–H groups in total. The molecule has 1 aromatic carbocycles. The minimum absolute atomic E-state index is 0.212. The lowest BCUT2D eigenvalue weighted by Gasteiger charge is -2.37. The van der Waals surface area contributed by atoms with E-state index in [-0.39, 0.29) is 11.8 Å². The molecule has 0 saturated carbocycles. The number of likely N-dealkylation sites (tertiary alicyclic amines) is 1. The van der Waals surface area contributed by atoms with E-state index in [4.69, 9.17) is 5.41 Å². The third kappa shape index (κ3) is 4.19. The second-order valence-electron chi connectivity index (χ2n) is 7.99. The monoisotopic (exact) mass is 386 g/mol. The maximum absolute atomic E-state index is 12.9. The molecule has 2 atom stereocenters. The number of piperidine rings is 1. The van der Waals surface area contributed by atoms with Gasteiger partial charge in [0.2, 0.25) is 5.91 Å². The lowest BCUT2D eigenvalue weighted by Crippen LogP contribution is -2.42. The number of rotatable bonds is 5. The molecule has 5 heteroatoms. The maximum atomic E-state index is 12.9. The van der Waals surface area contributed by atoms with Crippen molar-refractivity contribution >= 4 is 23.0 Å². The number of fused-ring (bicyclic) bond motifs is 1. The van der Waals surface area contributed by atoms with E-state index in [1.165, 1.54) is 11.8 Å². The Kier molecular flexibility index (Phi) is 5.65. The first-order valence-corrected chi connectivity index (χ1v) is 10.2. The highest BCUT2D eigenvalue weighted by molar-refractivity contribution is 5.98. The fourth-order valence-corrected chi connectivity index (χ4v) is 4.42. The van der Waals surface area contributed by atoms with Crippen LogP contribution >= 0.6 is 0 Å². The first-order valence-electron chi connectivity index (χ1n) is 10.2. The van der Waals surface area contributed by atoms with E-state index in [1.807, 2.05) is 35.4 Å². The molecule has 3 heterocycles. The molecule has 0 radical (unpaired) electrons. The quantitative estimate of drug-likeness (QED) is 0.668. The largest absolute Gasteiger partial charge is 0.342 e. The zero-order valence-electron chi connectivity index (χ0n) is 16.7. The summed E-state index contributed by atoms with van der Waals surface area (Å²) < 4.78 is 0. The smallest absolute Gasteiger partial charge is 0.222 e. The normalized spacial score (nSPS) is 19.3. The second-order valence-corrected chi connectivity index (χ2v) is 7.99. The highest BCUT2D eigenvalue weighted by atomic mass is 16.2. The zero-order valence-corrected chi connectivity index (χ0v) is 16.7. The number of amides is 1. The molecule has 0 aliphatic carbocycles. The highest BCUT2D eigenvalue weighted by Crippen LogP contribution is 2.35. The van der Waals surface area contributed by atoms with Gasteiger partial charge in [-0.3, -0.25) is 14.8 Å². The summed E-state index contributed by atoms with van der Waals surface area (Å²) in [5, 5.41) is 8.75. The number of hydrogen-bond donors (Lipinski definition) is 1. The molecule has 1 aliphatic rings. The van der Waals surface area contributed by atoms with Crippen molar-refractivity contribution in [2.24, 2.45) is 5.92 Å². The lowest BCUT2D eigenvalue weighted by atomic mass is 9.83. The summed E-state index contributed by atoms with van der Waals surface area (Å²) in [6, 6.07) is 12.1. The van der Waals surface area contributed by atoms with E-state index in [2.05, 4.69) is 29.0 Å². The minimum atomic E-state index is 0.212. The fourth-order valence-electron chi connectivity index (χ4n) is 4.42. The summed E-state index contributed by atoms with van der Waals surface area (Å²) in [4.78, 5) is 23.6. The van der Waals surface area contributed by atoms with Crippen molar-refractivity contribution in [2.75, 3.05) is 13.1 Å². The summed E-state index contributed by atoms with van der Waals surface area (Å²) >= 11 is 0. The van der Waals surface area contributed by atoms with Gasteiger partial charge in [-0.1, -0.05) is 31.2 Å². The summed E-state index contributed by atoms with van der Waals surface area (Å²) in [7, 11) is 0. The van der Waals surface area contributed by atoms with Gasteiger partial charge in [-0.25, -0.2) is 0 Å². The Morgan fingerprint density at radius 2 is 2.07 bits per heavy atom. The van der Waals surface area contributed by atoms with Gasteiger partial charge >= 0.3 is 0 Å². The summed E-state index contributed by atoms with van der Waals surface area (Å²) in [6.07, 6.45) is 9.02. The maximum Gasteiger partial charge on any atom is 0.222 e. The molecule has 2 aromatic heterocycles. The predicted molar refractivity (Wildman–Crippen MR) is 115 cm³/mol. The van der Waals surface area contributed by atoms with E-state index in [0.29, 0.717) is 12.3 Å². The Bertz CT molecular complexity index is 1020. The summed E-state index contributed by atoms with van der Waals surface area (Å²) in [6.45, 7) is 3.78. The Morgan fingerprint density at radius 3 is 2.86 bits per heavy atom. The van der Waals surface area contributed by atoms with Crippen molar-refractivity contribution in [1.82, 2.24) is 14.9 Å². The molecule has 29 heavy (non-hydrogen) atoms. The number of carbonyl (C=O) groups excluding carboxylic acids is 1. The first kappa shape index (κ1) is 19.2. The standard InChI is InChI=1S/C24H26N4O/c1-17-12-20(21-8-7-19(13-25)24-22(21)5-3-11-27-24)16-28(15-17)23(29)9-6-18-4-2-10-26-14-18/h2-5,7-8,10-11,13-14,17,20,25H,6,9,12,15-16H2,1H3/t17-,20+/m1/s1. The van der Waals surface area contributed by atoms with Crippen LogP contribution in [0.4, 0.5) is 0 Å². The van der Waals surface area contributed by atoms with Gasteiger partial charge in [-0.15, -0.1) is 0 Å². The van der Waals surface area contributed by atoms with Crippen LogP contribution in [0, 0.1) is 11.3 Å². The van der Waals surface area contributed by atoms with E-state index in [1.54, 1.807) is 12.4 Å². The third-order valence-corrected chi connectivity index (χ3v) is 5.79.